The van der Waals surface area contributed by atoms with E-state index >= 15 is 0 Å². The maximum absolute atomic E-state index is 12.5. The number of carbonyl (C=O) groups is 1. The second kappa shape index (κ2) is 5.77. The molecule has 0 aliphatic heterocycles. The molecule has 0 atom stereocenters. The molecule has 1 N–H and O–H groups in total. The Morgan fingerprint density at radius 3 is 2.77 bits per heavy atom. The normalized spacial score (nSPS) is 10.6. The quantitative estimate of drug-likeness (QED) is 0.802. The molecule has 0 spiro atoms. The van der Waals surface area contributed by atoms with Gasteiger partial charge in [0, 0.05) is 18.1 Å². The Bertz CT molecular complexity index is 888. The molecule has 2 heterocycles. The highest BCUT2D eigenvalue weighted by Gasteiger charge is 2.17. The average Bonchev–Trinajstić information content (AvgIpc) is 2.56. The van der Waals surface area contributed by atoms with Crippen molar-refractivity contribution < 1.29 is 4.79 Å². The summed E-state index contributed by atoms with van der Waals surface area (Å²) >= 11 is 0. The molecule has 3 rings (SSSR count). The third-order valence-electron chi connectivity index (χ3n) is 3.30. The lowest BCUT2D eigenvalue weighted by Gasteiger charge is -2.10. The Morgan fingerprint density at radius 1 is 1.23 bits per heavy atom. The second-order valence-corrected chi connectivity index (χ2v) is 4.71. The molecule has 3 aromatic rings. The zero-order valence-electron chi connectivity index (χ0n) is 12.0. The van der Waals surface area contributed by atoms with Crippen LogP contribution in [0.4, 0.5) is 5.69 Å². The summed E-state index contributed by atoms with van der Waals surface area (Å²) in [5.41, 5.74) is 0.740. The Balaban J connectivity index is 2.09. The van der Waals surface area contributed by atoms with Crippen LogP contribution in [0.3, 0.4) is 0 Å². The molecule has 0 fully saturated rings. The van der Waals surface area contributed by atoms with Gasteiger partial charge in [-0.3, -0.25) is 19.3 Å². The number of pyridine rings is 1. The number of para-hydroxylation sites is 1. The molecule has 0 radical (unpaired) electrons. The predicted octanol–water partition coefficient (Wildman–Crippen LogP) is 2.06. The number of nitrogens with one attached hydrogen (secondary N) is 1. The number of aryl methyl sites for hydroxylation is 1. The molecule has 0 aliphatic carbocycles. The molecule has 110 valence electrons. The van der Waals surface area contributed by atoms with Crippen molar-refractivity contribution in [2.45, 2.75) is 13.5 Å². The van der Waals surface area contributed by atoms with E-state index in [1.165, 1.54) is 6.20 Å². The van der Waals surface area contributed by atoms with Crippen molar-refractivity contribution in [3.63, 3.8) is 0 Å². The predicted molar refractivity (Wildman–Crippen MR) is 83.9 cm³/mol. The maximum Gasteiger partial charge on any atom is 0.280 e. The minimum absolute atomic E-state index is 0.121. The zero-order chi connectivity index (χ0) is 15.5. The van der Waals surface area contributed by atoms with Gasteiger partial charge in [0.05, 0.1) is 17.4 Å². The van der Waals surface area contributed by atoms with Crippen LogP contribution in [0.15, 0.2) is 53.6 Å². The highest BCUT2D eigenvalue weighted by molar-refractivity contribution is 6.04. The van der Waals surface area contributed by atoms with E-state index in [4.69, 9.17) is 0 Å². The van der Waals surface area contributed by atoms with Crippen molar-refractivity contribution in [3.8, 4) is 0 Å². The van der Waals surface area contributed by atoms with E-state index in [0.29, 0.717) is 23.1 Å². The number of carbonyl (C=O) groups excluding carboxylic acids is 1. The Labute approximate surface area is 126 Å². The van der Waals surface area contributed by atoms with Crippen molar-refractivity contribution in [1.29, 1.82) is 0 Å². The van der Waals surface area contributed by atoms with Crippen molar-refractivity contribution in [2.24, 2.45) is 0 Å². The van der Waals surface area contributed by atoms with Gasteiger partial charge in [0.25, 0.3) is 5.91 Å². The monoisotopic (exact) mass is 294 g/mol. The Hall–Kier alpha value is -3.02. The highest BCUT2D eigenvalue weighted by Crippen LogP contribution is 2.10. The summed E-state index contributed by atoms with van der Waals surface area (Å²) in [5, 5.41) is 7.31. The standard InChI is InChI=1S/C16H14N4O2/c1-2-20-13-8-4-3-7-12(13)15(21)14(19-20)16(22)18-11-6-5-9-17-10-11/h3-10H,2H2,1H3,(H,18,22). The number of rotatable bonds is 3. The van der Waals surface area contributed by atoms with Gasteiger partial charge in [-0.25, -0.2) is 0 Å². The highest BCUT2D eigenvalue weighted by atomic mass is 16.2. The van der Waals surface area contributed by atoms with Crippen LogP contribution in [-0.4, -0.2) is 20.7 Å². The van der Waals surface area contributed by atoms with Crippen LogP contribution in [0.5, 0.6) is 0 Å². The second-order valence-electron chi connectivity index (χ2n) is 4.71. The van der Waals surface area contributed by atoms with Gasteiger partial charge < -0.3 is 5.32 Å². The summed E-state index contributed by atoms with van der Waals surface area (Å²) in [6.07, 6.45) is 3.12. The first-order valence-corrected chi connectivity index (χ1v) is 6.92. The van der Waals surface area contributed by atoms with Crippen LogP contribution in [0, 0.1) is 0 Å². The van der Waals surface area contributed by atoms with Gasteiger partial charge in [-0.15, -0.1) is 0 Å². The number of aromatic nitrogens is 3. The summed E-state index contributed by atoms with van der Waals surface area (Å²) in [5.74, 6) is -0.536. The van der Waals surface area contributed by atoms with E-state index < -0.39 is 5.91 Å². The zero-order valence-corrected chi connectivity index (χ0v) is 12.0. The van der Waals surface area contributed by atoms with E-state index in [1.54, 1.807) is 35.1 Å². The number of fused-ring (bicyclic) bond motifs is 1. The lowest BCUT2D eigenvalue weighted by molar-refractivity contribution is 0.101. The summed E-state index contributed by atoms with van der Waals surface area (Å²) in [7, 11) is 0. The lowest BCUT2D eigenvalue weighted by Crippen LogP contribution is -2.27. The van der Waals surface area contributed by atoms with Crippen LogP contribution < -0.4 is 10.7 Å². The van der Waals surface area contributed by atoms with E-state index in [2.05, 4.69) is 15.4 Å². The van der Waals surface area contributed by atoms with Gasteiger partial charge in [-0.1, -0.05) is 12.1 Å². The fourth-order valence-electron chi connectivity index (χ4n) is 2.25. The molecular weight excluding hydrogens is 280 g/mol. The minimum atomic E-state index is -0.536. The average molecular weight is 294 g/mol. The summed E-state index contributed by atoms with van der Waals surface area (Å²) in [6, 6.07) is 10.5. The summed E-state index contributed by atoms with van der Waals surface area (Å²) < 4.78 is 1.65. The molecule has 0 saturated heterocycles. The fraction of sp³-hybridized carbons (Fsp3) is 0.125. The molecule has 1 amide bonds. The first kappa shape index (κ1) is 13.9. The van der Waals surface area contributed by atoms with Crippen molar-refractivity contribution in [3.05, 3.63) is 64.7 Å². The molecule has 22 heavy (non-hydrogen) atoms. The number of hydrogen-bond acceptors (Lipinski definition) is 4. The van der Waals surface area contributed by atoms with Crippen LogP contribution >= 0.6 is 0 Å². The first-order chi connectivity index (χ1) is 10.7. The number of anilines is 1. The molecule has 0 saturated carbocycles. The van der Waals surface area contributed by atoms with Gasteiger partial charge in [0.15, 0.2) is 5.69 Å². The Kier molecular flexibility index (Phi) is 3.65. The number of hydrogen-bond donors (Lipinski definition) is 1. The molecule has 1 aromatic carbocycles. The minimum Gasteiger partial charge on any atom is -0.319 e. The van der Waals surface area contributed by atoms with Crippen LogP contribution in [0.1, 0.15) is 17.4 Å². The van der Waals surface area contributed by atoms with Gasteiger partial charge >= 0.3 is 0 Å². The van der Waals surface area contributed by atoms with Gasteiger partial charge in [-0.05, 0) is 31.2 Å². The summed E-state index contributed by atoms with van der Waals surface area (Å²) in [4.78, 5) is 28.7. The van der Waals surface area contributed by atoms with Gasteiger partial charge in [-0.2, -0.15) is 5.10 Å². The van der Waals surface area contributed by atoms with Crippen LogP contribution in [0.2, 0.25) is 0 Å². The third kappa shape index (κ3) is 2.46. The molecule has 0 bridgehead atoms. The molecule has 6 nitrogen and oxygen atoms in total. The molecule has 2 aromatic heterocycles. The van der Waals surface area contributed by atoms with Gasteiger partial charge in [0.2, 0.25) is 5.43 Å². The van der Waals surface area contributed by atoms with E-state index in [0.717, 1.165) is 0 Å². The van der Waals surface area contributed by atoms with E-state index in [1.807, 2.05) is 19.1 Å². The smallest absolute Gasteiger partial charge is 0.280 e. The van der Waals surface area contributed by atoms with E-state index in [-0.39, 0.29) is 11.1 Å². The first-order valence-electron chi connectivity index (χ1n) is 6.92. The van der Waals surface area contributed by atoms with Crippen LogP contribution in [-0.2, 0) is 6.54 Å². The number of amides is 1. The van der Waals surface area contributed by atoms with Crippen molar-refractivity contribution >= 4 is 22.5 Å². The lowest BCUT2D eigenvalue weighted by atomic mass is 10.2. The third-order valence-corrected chi connectivity index (χ3v) is 3.30. The van der Waals surface area contributed by atoms with E-state index in [9.17, 15) is 9.59 Å². The fourth-order valence-corrected chi connectivity index (χ4v) is 2.25. The number of benzene rings is 1. The molecule has 6 heteroatoms. The van der Waals surface area contributed by atoms with Crippen LogP contribution in [0.25, 0.3) is 10.9 Å². The number of nitrogens with zero attached hydrogens (tertiary/aromatic N) is 3. The van der Waals surface area contributed by atoms with Crippen molar-refractivity contribution in [2.75, 3.05) is 5.32 Å². The molecular formula is C16H14N4O2. The molecule has 0 unspecified atom stereocenters. The Morgan fingerprint density at radius 2 is 2.05 bits per heavy atom. The van der Waals surface area contributed by atoms with Crippen molar-refractivity contribution in [1.82, 2.24) is 14.8 Å². The SMILES string of the molecule is CCn1nc(C(=O)Nc2cccnc2)c(=O)c2ccccc21. The van der Waals surface area contributed by atoms with Gasteiger partial charge in [0.1, 0.15) is 0 Å². The summed E-state index contributed by atoms with van der Waals surface area (Å²) in [6.45, 7) is 2.47. The largest absolute Gasteiger partial charge is 0.319 e. The topological polar surface area (TPSA) is 76.9 Å². The maximum atomic E-state index is 12.5. The molecule has 0 aliphatic rings.